The molecule has 0 saturated carbocycles. The van der Waals surface area contributed by atoms with E-state index in [0.29, 0.717) is 11.4 Å². The van der Waals surface area contributed by atoms with E-state index in [-0.39, 0.29) is 24.2 Å². The number of hydrogen-bond donors (Lipinski definition) is 1. The smallest absolute Gasteiger partial charge is 0.263 e. The normalized spacial score (nSPS) is 17.2. The summed E-state index contributed by atoms with van der Waals surface area (Å²) in [6, 6.07) is 13.9. The highest BCUT2D eigenvalue weighted by Crippen LogP contribution is 2.35. The van der Waals surface area contributed by atoms with Gasteiger partial charge in [0.05, 0.1) is 31.1 Å². The van der Waals surface area contributed by atoms with Crippen LogP contribution in [0.3, 0.4) is 0 Å². The van der Waals surface area contributed by atoms with Crippen LogP contribution in [0, 0.1) is 0 Å². The van der Waals surface area contributed by atoms with E-state index in [1.54, 1.807) is 38.3 Å². The minimum absolute atomic E-state index is 0.0576. The van der Waals surface area contributed by atoms with E-state index in [1.807, 2.05) is 31.2 Å². The number of carbonyl (C=O) groups excluding carboxylic acids is 1. The Kier molecular flexibility index (Phi) is 5.79. The Morgan fingerprint density at radius 3 is 2.57 bits per heavy atom. The van der Waals surface area contributed by atoms with Crippen molar-refractivity contribution in [2.24, 2.45) is 0 Å². The van der Waals surface area contributed by atoms with Gasteiger partial charge in [0, 0.05) is 0 Å². The number of benzene rings is 2. The summed E-state index contributed by atoms with van der Waals surface area (Å²) < 4.78 is 37.2. The summed E-state index contributed by atoms with van der Waals surface area (Å²) in [5, 5.41) is 2.90. The lowest BCUT2D eigenvalue weighted by atomic mass is 10.1. The zero-order chi connectivity index (χ0) is 20.3. The van der Waals surface area contributed by atoms with Crippen molar-refractivity contribution < 1.29 is 22.7 Å². The van der Waals surface area contributed by atoms with Gasteiger partial charge in [0.2, 0.25) is 10.0 Å². The first-order valence-electron chi connectivity index (χ1n) is 9.06. The summed E-state index contributed by atoms with van der Waals surface area (Å²) >= 11 is 0. The summed E-state index contributed by atoms with van der Waals surface area (Å²) in [5.74, 6) is 0.685. The van der Waals surface area contributed by atoms with Gasteiger partial charge in [-0.15, -0.1) is 0 Å². The molecule has 8 heteroatoms. The molecular weight excluding hydrogens is 380 g/mol. The second-order valence-corrected chi connectivity index (χ2v) is 8.69. The number of methoxy groups -OCH3 is 1. The number of fused-ring (bicyclic) bond motifs is 1. The van der Waals surface area contributed by atoms with Gasteiger partial charge in [-0.25, -0.2) is 8.42 Å². The molecule has 0 bridgehead atoms. The van der Waals surface area contributed by atoms with Crippen molar-refractivity contribution in [3.05, 3.63) is 54.1 Å². The van der Waals surface area contributed by atoms with Crippen molar-refractivity contribution >= 4 is 21.6 Å². The van der Waals surface area contributed by atoms with E-state index in [4.69, 9.17) is 9.47 Å². The molecule has 1 aliphatic heterocycles. The Bertz CT molecular complexity index is 943. The molecule has 0 unspecified atom stereocenters. The molecule has 0 radical (unpaired) electrons. The second kappa shape index (κ2) is 8.10. The number of rotatable bonds is 6. The van der Waals surface area contributed by atoms with Crippen LogP contribution >= 0.6 is 0 Å². The van der Waals surface area contributed by atoms with Gasteiger partial charge in [-0.1, -0.05) is 24.3 Å². The number of nitrogens with one attached hydrogen (secondary N) is 1. The zero-order valence-electron chi connectivity index (χ0n) is 16.1. The maximum atomic E-state index is 12.8. The second-order valence-electron chi connectivity index (χ2n) is 6.51. The van der Waals surface area contributed by atoms with Crippen molar-refractivity contribution in [3.63, 3.8) is 0 Å². The largest absolute Gasteiger partial charge is 0.497 e. The van der Waals surface area contributed by atoms with Crippen LogP contribution < -0.4 is 19.1 Å². The third-order valence-electron chi connectivity index (χ3n) is 4.70. The fourth-order valence-corrected chi connectivity index (χ4v) is 4.16. The topological polar surface area (TPSA) is 84.9 Å². The van der Waals surface area contributed by atoms with Crippen molar-refractivity contribution in [2.75, 3.05) is 23.7 Å². The van der Waals surface area contributed by atoms with Crippen molar-refractivity contribution in [1.29, 1.82) is 0 Å². The molecule has 1 N–H and O–H groups in total. The lowest BCUT2D eigenvalue weighted by Gasteiger charge is -2.35. The molecule has 0 fully saturated rings. The van der Waals surface area contributed by atoms with Gasteiger partial charge in [0.15, 0.2) is 6.10 Å². The van der Waals surface area contributed by atoms with Gasteiger partial charge in [0.25, 0.3) is 5.91 Å². The average molecular weight is 404 g/mol. The maximum Gasteiger partial charge on any atom is 0.263 e. The van der Waals surface area contributed by atoms with Crippen LogP contribution in [0.5, 0.6) is 11.5 Å². The van der Waals surface area contributed by atoms with Crippen LogP contribution in [0.4, 0.5) is 5.69 Å². The number of para-hydroxylation sites is 2. The molecule has 7 nitrogen and oxygen atoms in total. The molecule has 2 aromatic carbocycles. The van der Waals surface area contributed by atoms with Crippen LogP contribution in [-0.2, 0) is 14.8 Å². The van der Waals surface area contributed by atoms with E-state index in [2.05, 4.69) is 5.32 Å². The number of carbonyl (C=O) groups is 1. The minimum atomic E-state index is -3.53. The fraction of sp³-hybridized carbons (Fsp3) is 0.350. The Labute approximate surface area is 165 Å². The predicted molar refractivity (Wildman–Crippen MR) is 107 cm³/mol. The quantitative estimate of drug-likeness (QED) is 0.800. The lowest BCUT2D eigenvalue weighted by molar-refractivity contribution is -0.128. The molecule has 1 aliphatic rings. The lowest BCUT2D eigenvalue weighted by Crippen LogP contribution is -2.51. The minimum Gasteiger partial charge on any atom is -0.497 e. The number of amides is 1. The van der Waals surface area contributed by atoms with Crippen LogP contribution in [-0.4, -0.2) is 39.8 Å². The van der Waals surface area contributed by atoms with Crippen LogP contribution in [0.25, 0.3) is 0 Å². The van der Waals surface area contributed by atoms with E-state index in [9.17, 15) is 13.2 Å². The Morgan fingerprint density at radius 1 is 1.25 bits per heavy atom. The fourth-order valence-electron chi connectivity index (χ4n) is 3.04. The van der Waals surface area contributed by atoms with Gasteiger partial charge in [-0.2, -0.15) is 0 Å². The molecule has 2 aromatic rings. The molecular formula is C20H24N2O5S. The zero-order valence-corrected chi connectivity index (χ0v) is 16.9. The summed E-state index contributed by atoms with van der Waals surface area (Å²) in [4.78, 5) is 12.8. The van der Waals surface area contributed by atoms with Crippen molar-refractivity contribution in [3.8, 4) is 11.5 Å². The Morgan fingerprint density at radius 2 is 1.93 bits per heavy atom. The highest BCUT2D eigenvalue weighted by atomic mass is 32.2. The van der Waals surface area contributed by atoms with Gasteiger partial charge < -0.3 is 14.8 Å². The van der Waals surface area contributed by atoms with E-state index in [0.717, 1.165) is 11.3 Å². The van der Waals surface area contributed by atoms with Gasteiger partial charge in [-0.05, 0) is 43.7 Å². The molecule has 1 amide bonds. The van der Waals surface area contributed by atoms with E-state index in [1.165, 1.54) is 4.31 Å². The molecule has 150 valence electrons. The first-order valence-corrected chi connectivity index (χ1v) is 10.7. The summed E-state index contributed by atoms with van der Waals surface area (Å²) in [7, 11) is -1.94. The van der Waals surface area contributed by atoms with Crippen molar-refractivity contribution in [1.82, 2.24) is 5.32 Å². The molecule has 0 aromatic heterocycles. The molecule has 0 spiro atoms. The highest BCUT2D eigenvalue weighted by molar-refractivity contribution is 7.92. The van der Waals surface area contributed by atoms with Gasteiger partial charge in [-0.3, -0.25) is 9.10 Å². The standard InChI is InChI=1S/C20H24N2O5S/c1-4-28(24,25)22-13-19(27-18-8-6-5-7-17(18)22)20(23)21-14(2)15-9-11-16(26-3)12-10-15/h5-12,14,19H,4,13H2,1-3H3,(H,21,23)/t14-,19-/m1/s1. The number of sulfonamides is 1. The summed E-state index contributed by atoms with van der Waals surface area (Å²) in [5.41, 5.74) is 1.36. The number of nitrogens with zero attached hydrogens (tertiary/aromatic N) is 1. The van der Waals surface area contributed by atoms with Crippen LogP contribution in [0.15, 0.2) is 48.5 Å². The molecule has 28 heavy (non-hydrogen) atoms. The summed E-state index contributed by atoms with van der Waals surface area (Å²) in [6.07, 6.45) is -0.933. The third kappa shape index (κ3) is 4.06. The number of anilines is 1. The number of hydrogen-bond acceptors (Lipinski definition) is 5. The third-order valence-corrected chi connectivity index (χ3v) is 6.45. The first kappa shape index (κ1) is 20.0. The molecule has 0 saturated heterocycles. The van der Waals surface area contributed by atoms with Gasteiger partial charge in [0.1, 0.15) is 11.5 Å². The molecule has 2 atom stereocenters. The van der Waals surface area contributed by atoms with Crippen LogP contribution in [0.2, 0.25) is 0 Å². The monoisotopic (exact) mass is 404 g/mol. The maximum absolute atomic E-state index is 12.8. The summed E-state index contributed by atoms with van der Waals surface area (Å²) in [6.45, 7) is 3.37. The SMILES string of the molecule is CCS(=O)(=O)N1C[C@H](C(=O)N[C@H](C)c2ccc(OC)cc2)Oc2ccccc21. The predicted octanol–water partition coefficient (Wildman–Crippen LogP) is 2.49. The number of ether oxygens (including phenoxy) is 2. The van der Waals surface area contributed by atoms with Crippen LogP contribution in [0.1, 0.15) is 25.5 Å². The molecule has 3 rings (SSSR count). The highest BCUT2D eigenvalue weighted by Gasteiger charge is 2.36. The molecule has 1 heterocycles. The molecule has 0 aliphatic carbocycles. The first-order chi connectivity index (χ1) is 13.4. The Hall–Kier alpha value is -2.74. The average Bonchev–Trinajstić information content (AvgIpc) is 2.72. The van der Waals surface area contributed by atoms with E-state index < -0.39 is 16.1 Å². The van der Waals surface area contributed by atoms with E-state index >= 15 is 0 Å². The van der Waals surface area contributed by atoms with Gasteiger partial charge >= 0.3 is 0 Å². The Balaban J connectivity index is 1.78. The van der Waals surface area contributed by atoms with Crippen molar-refractivity contribution in [2.45, 2.75) is 26.0 Å².